The molecule has 4 unspecified atom stereocenters. The summed E-state index contributed by atoms with van der Waals surface area (Å²) in [7, 11) is 0. The Morgan fingerprint density at radius 3 is 3.20 bits per heavy atom. The predicted octanol–water partition coefficient (Wildman–Crippen LogP) is 2.16. The molecule has 1 amide bonds. The summed E-state index contributed by atoms with van der Waals surface area (Å²) in [4.78, 5) is 12.6. The van der Waals surface area contributed by atoms with E-state index in [9.17, 15) is 4.79 Å². The summed E-state index contributed by atoms with van der Waals surface area (Å²) < 4.78 is 5.50. The fraction of sp³-hybridized carbons (Fsp3) is 0.688. The second kappa shape index (κ2) is 4.92. The minimum absolute atomic E-state index is 0.0276. The lowest BCUT2D eigenvalue weighted by Crippen LogP contribution is -2.45. The van der Waals surface area contributed by atoms with Crippen LogP contribution >= 0.6 is 0 Å². The lowest BCUT2D eigenvalue weighted by Gasteiger charge is -2.26. The monoisotopic (exact) mass is 274 g/mol. The van der Waals surface area contributed by atoms with Crippen molar-refractivity contribution >= 4 is 5.91 Å². The molecule has 0 aromatic carbocycles. The Labute approximate surface area is 119 Å². The molecule has 4 rings (SSSR count). The highest BCUT2D eigenvalue weighted by Crippen LogP contribution is 2.38. The van der Waals surface area contributed by atoms with E-state index in [4.69, 9.17) is 4.42 Å². The molecule has 4 heteroatoms. The van der Waals surface area contributed by atoms with Gasteiger partial charge in [0.15, 0.2) is 0 Å². The van der Waals surface area contributed by atoms with Crippen molar-refractivity contribution in [3.05, 3.63) is 23.7 Å². The molecule has 108 valence electrons. The van der Waals surface area contributed by atoms with Crippen LogP contribution in [-0.4, -0.2) is 18.5 Å². The third kappa shape index (κ3) is 1.97. The van der Waals surface area contributed by atoms with Crippen molar-refractivity contribution in [2.75, 3.05) is 6.54 Å². The predicted molar refractivity (Wildman–Crippen MR) is 75.2 cm³/mol. The molecule has 4 atom stereocenters. The first-order valence-corrected chi connectivity index (χ1v) is 7.93. The van der Waals surface area contributed by atoms with Crippen molar-refractivity contribution in [3.63, 3.8) is 0 Å². The van der Waals surface area contributed by atoms with Gasteiger partial charge in [-0.25, -0.2) is 0 Å². The van der Waals surface area contributed by atoms with Crippen molar-refractivity contribution in [3.8, 4) is 0 Å². The highest BCUT2D eigenvalue weighted by Gasteiger charge is 2.43. The van der Waals surface area contributed by atoms with Crippen LogP contribution in [0.15, 0.2) is 16.7 Å². The Kier molecular flexibility index (Phi) is 3.06. The molecule has 2 heterocycles. The van der Waals surface area contributed by atoms with Crippen LogP contribution in [0.4, 0.5) is 0 Å². The maximum absolute atomic E-state index is 12.6. The SMILES string of the molecule is O=C(NC1CCCc2occc21)C1NCC2CCCC21. The zero-order chi connectivity index (χ0) is 13.5. The van der Waals surface area contributed by atoms with Crippen molar-refractivity contribution in [1.82, 2.24) is 10.6 Å². The number of amides is 1. The maximum Gasteiger partial charge on any atom is 0.237 e. The van der Waals surface area contributed by atoms with E-state index >= 15 is 0 Å². The molecule has 2 aliphatic carbocycles. The molecule has 0 radical (unpaired) electrons. The largest absolute Gasteiger partial charge is 0.469 e. The summed E-state index contributed by atoms with van der Waals surface area (Å²) in [6.07, 6.45) is 8.65. The van der Waals surface area contributed by atoms with Crippen LogP contribution in [0.2, 0.25) is 0 Å². The summed E-state index contributed by atoms with van der Waals surface area (Å²) in [6, 6.07) is 2.19. The minimum Gasteiger partial charge on any atom is -0.469 e. The van der Waals surface area contributed by atoms with Crippen LogP contribution < -0.4 is 10.6 Å². The van der Waals surface area contributed by atoms with Crippen molar-refractivity contribution in [2.45, 2.75) is 50.6 Å². The summed E-state index contributed by atoms with van der Waals surface area (Å²) >= 11 is 0. The van der Waals surface area contributed by atoms with E-state index in [1.165, 1.54) is 24.8 Å². The summed E-state index contributed by atoms with van der Waals surface area (Å²) in [5.41, 5.74) is 1.19. The van der Waals surface area contributed by atoms with E-state index in [0.29, 0.717) is 5.92 Å². The van der Waals surface area contributed by atoms with Gasteiger partial charge in [0.2, 0.25) is 5.91 Å². The van der Waals surface area contributed by atoms with E-state index in [2.05, 4.69) is 10.6 Å². The minimum atomic E-state index is 0.0276. The molecular formula is C16H22N2O2. The van der Waals surface area contributed by atoms with Crippen molar-refractivity contribution in [2.24, 2.45) is 11.8 Å². The van der Waals surface area contributed by atoms with Gasteiger partial charge in [-0.15, -0.1) is 0 Å². The molecule has 1 saturated heterocycles. The molecule has 0 bridgehead atoms. The number of carbonyl (C=O) groups excluding carboxylic acids is 1. The van der Waals surface area contributed by atoms with Crippen LogP contribution in [0.3, 0.4) is 0 Å². The van der Waals surface area contributed by atoms with E-state index in [-0.39, 0.29) is 18.0 Å². The molecule has 2 fully saturated rings. The Bertz CT molecular complexity index is 510. The first kappa shape index (κ1) is 12.5. The zero-order valence-electron chi connectivity index (χ0n) is 11.7. The Balaban J connectivity index is 1.46. The van der Waals surface area contributed by atoms with E-state index in [1.54, 1.807) is 6.26 Å². The molecule has 1 aromatic rings. The fourth-order valence-corrected chi connectivity index (χ4v) is 4.37. The highest BCUT2D eigenvalue weighted by atomic mass is 16.3. The third-order valence-electron chi connectivity index (χ3n) is 5.40. The summed E-state index contributed by atoms with van der Waals surface area (Å²) in [6.45, 7) is 1.02. The number of furan rings is 1. The normalized spacial score (nSPS) is 35.6. The van der Waals surface area contributed by atoms with Crippen LogP contribution in [-0.2, 0) is 11.2 Å². The number of rotatable bonds is 2. The van der Waals surface area contributed by atoms with Crippen LogP contribution in [0.5, 0.6) is 0 Å². The Hall–Kier alpha value is -1.29. The number of aryl methyl sites for hydroxylation is 1. The van der Waals surface area contributed by atoms with Gasteiger partial charge in [-0.2, -0.15) is 0 Å². The summed E-state index contributed by atoms with van der Waals surface area (Å²) in [5.74, 6) is 2.53. The molecule has 0 spiro atoms. The second-order valence-corrected chi connectivity index (χ2v) is 6.49. The number of carbonyl (C=O) groups is 1. The molecule has 20 heavy (non-hydrogen) atoms. The lowest BCUT2D eigenvalue weighted by molar-refractivity contribution is -0.124. The zero-order valence-corrected chi connectivity index (χ0v) is 11.7. The van der Waals surface area contributed by atoms with Crippen molar-refractivity contribution < 1.29 is 9.21 Å². The van der Waals surface area contributed by atoms with E-state index in [0.717, 1.165) is 37.5 Å². The number of fused-ring (bicyclic) bond motifs is 2. The number of hydrogen-bond donors (Lipinski definition) is 2. The van der Waals surface area contributed by atoms with Gasteiger partial charge in [-0.05, 0) is 50.1 Å². The van der Waals surface area contributed by atoms with E-state index < -0.39 is 0 Å². The van der Waals surface area contributed by atoms with Crippen LogP contribution in [0.1, 0.15) is 49.5 Å². The lowest BCUT2D eigenvalue weighted by atomic mass is 9.91. The van der Waals surface area contributed by atoms with Crippen molar-refractivity contribution in [1.29, 1.82) is 0 Å². The molecule has 1 aromatic heterocycles. The smallest absolute Gasteiger partial charge is 0.237 e. The van der Waals surface area contributed by atoms with Gasteiger partial charge in [0.25, 0.3) is 0 Å². The van der Waals surface area contributed by atoms with Gasteiger partial charge >= 0.3 is 0 Å². The van der Waals surface area contributed by atoms with Crippen LogP contribution in [0.25, 0.3) is 0 Å². The number of nitrogens with one attached hydrogen (secondary N) is 2. The first-order chi connectivity index (χ1) is 9.83. The maximum atomic E-state index is 12.6. The van der Waals surface area contributed by atoms with Gasteiger partial charge in [0.1, 0.15) is 5.76 Å². The Morgan fingerprint density at radius 2 is 2.25 bits per heavy atom. The van der Waals surface area contributed by atoms with Gasteiger partial charge in [0, 0.05) is 12.0 Å². The molecule has 3 aliphatic rings. The second-order valence-electron chi connectivity index (χ2n) is 6.49. The average molecular weight is 274 g/mol. The fourth-order valence-electron chi connectivity index (χ4n) is 4.37. The third-order valence-corrected chi connectivity index (χ3v) is 5.40. The summed E-state index contributed by atoms with van der Waals surface area (Å²) in [5, 5.41) is 6.68. The van der Waals surface area contributed by atoms with E-state index in [1.807, 2.05) is 6.07 Å². The standard InChI is InChI=1S/C16H22N2O2/c19-16(15-11-4-1-3-10(11)9-17-15)18-13-5-2-6-14-12(13)7-8-20-14/h7-8,10-11,13,15,17H,1-6,9H2,(H,18,19). The Morgan fingerprint density at radius 1 is 1.30 bits per heavy atom. The molecule has 4 nitrogen and oxygen atoms in total. The topological polar surface area (TPSA) is 54.3 Å². The van der Waals surface area contributed by atoms with Gasteiger partial charge < -0.3 is 15.1 Å². The molecule has 2 N–H and O–H groups in total. The average Bonchev–Trinajstić information content (AvgIpc) is 3.14. The molecular weight excluding hydrogens is 252 g/mol. The van der Waals surface area contributed by atoms with Gasteiger partial charge in [-0.1, -0.05) is 6.42 Å². The molecule has 1 aliphatic heterocycles. The first-order valence-electron chi connectivity index (χ1n) is 7.93. The van der Waals surface area contributed by atoms with Gasteiger partial charge in [-0.3, -0.25) is 4.79 Å². The van der Waals surface area contributed by atoms with Crippen LogP contribution in [0, 0.1) is 11.8 Å². The highest BCUT2D eigenvalue weighted by molar-refractivity contribution is 5.83. The van der Waals surface area contributed by atoms with Gasteiger partial charge in [0.05, 0.1) is 18.3 Å². The quantitative estimate of drug-likeness (QED) is 0.869. The molecule has 1 saturated carbocycles. The number of hydrogen-bond acceptors (Lipinski definition) is 3.